The summed E-state index contributed by atoms with van der Waals surface area (Å²) in [6, 6.07) is 25.4. The molecule has 36 heavy (non-hydrogen) atoms. The van der Waals surface area contributed by atoms with Gasteiger partial charge in [0.25, 0.3) is 5.91 Å². The summed E-state index contributed by atoms with van der Waals surface area (Å²) in [5.74, 6) is 0.0829. The molecule has 0 aromatic heterocycles. The highest BCUT2D eigenvalue weighted by Gasteiger charge is 2.35. The topological polar surface area (TPSA) is 39.2 Å². The molecule has 186 valence electrons. The molecule has 2 aliphatic rings. The molecule has 5 rings (SSSR count). The van der Waals surface area contributed by atoms with Gasteiger partial charge in [-0.05, 0) is 43.0 Å². The molecule has 1 amide bonds. The maximum Gasteiger partial charge on any atom is 0.257 e. The van der Waals surface area contributed by atoms with Crippen LogP contribution in [0.25, 0.3) is 0 Å². The van der Waals surface area contributed by atoms with Crippen molar-refractivity contribution >= 4 is 11.6 Å². The predicted molar refractivity (Wildman–Crippen MR) is 146 cm³/mol. The second-order valence-electron chi connectivity index (χ2n) is 10.2. The van der Waals surface area contributed by atoms with Gasteiger partial charge in [-0.25, -0.2) is 5.01 Å². The first-order chi connectivity index (χ1) is 17.5. The van der Waals surface area contributed by atoms with E-state index in [1.54, 1.807) is 5.01 Å². The summed E-state index contributed by atoms with van der Waals surface area (Å²) in [6.07, 6.45) is 0.741. The molecule has 2 heterocycles. The fourth-order valence-electron chi connectivity index (χ4n) is 5.45. The van der Waals surface area contributed by atoms with Crippen LogP contribution < -0.4 is 0 Å². The van der Waals surface area contributed by atoms with Crippen LogP contribution in [0.3, 0.4) is 0 Å². The molecule has 1 saturated heterocycles. The van der Waals surface area contributed by atoms with Crippen LogP contribution in [-0.2, 0) is 11.3 Å². The van der Waals surface area contributed by atoms with E-state index in [2.05, 4.69) is 103 Å². The number of amides is 1. The number of benzene rings is 3. The average molecular weight is 481 g/mol. The zero-order valence-electron chi connectivity index (χ0n) is 21.7. The standard InChI is InChI=1S/C31H36N4O/c1-23-13-14-27(25(3)19-23)29-20-30(28-12-8-7-9-24(28)2)35(32-29)31(36)22-34-17-15-33(16-18-34)21-26-10-5-4-6-11-26/h4-14,19,30H,15-18,20-22H2,1-3H3. The molecule has 0 saturated carbocycles. The first-order valence-electron chi connectivity index (χ1n) is 13.0. The van der Waals surface area contributed by atoms with Crippen LogP contribution in [0.1, 0.15) is 45.8 Å². The number of nitrogens with zero attached hydrogens (tertiary/aromatic N) is 4. The summed E-state index contributed by atoms with van der Waals surface area (Å²) in [4.78, 5) is 18.4. The number of piperazine rings is 1. The molecule has 3 aromatic carbocycles. The number of carbonyl (C=O) groups excluding carboxylic acids is 1. The van der Waals surface area contributed by atoms with Gasteiger partial charge in [0.2, 0.25) is 0 Å². The van der Waals surface area contributed by atoms with Gasteiger partial charge in [0.05, 0.1) is 18.3 Å². The number of hydrogen-bond acceptors (Lipinski definition) is 4. The molecule has 0 bridgehead atoms. The predicted octanol–water partition coefficient (Wildman–Crippen LogP) is 5.11. The fourth-order valence-corrected chi connectivity index (χ4v) is 5.45. The third-order valence-corrected chi connectivity index (χ3v) is 7.48. The SMILES string of the molecule is Cc1ccc(C2=NN(C(=O)CN3CCN(Cc4ccccc4)CC3)C(c3ccccc3C)C2)c(C)c1. The van der Waals surface area contributed by atoms with E-state index in [-0.39, 0.29) is 11.9 Å². The molecule has 5 nitrogen and oxygen atoms in total. The molecule has 0 spiro atoms. The number of hydrogen-bond donors (Lipinski definition) is 0. The first kappa shape index (κ1) is 24.4. The molecule has 5 heteroatoms. The van der Waals surface area contributed by atoms with E-state index in [4.69, 9.17) is 5.10 Å². The normalized spacial score (nSPS) is 18.9. The van der Waals surface area contributed by atoms with E-state index < -0.39 is 0 Å². The molecule has 0 aliphatic carbocycles. The molecule has 1 unspecified atom stereocenters. The Morgan fingerprint density at radius 3 is 2.25 bits per heavy atom. The van der Waals surface area contributed by atoms with Crippen LogP contribution in [0.4, 0.5) is 0 Å². The van der Waals surface area contributed by atoms with Crippen molar-refractivity contribution in [2.45, 2.75) is 39.8 Å². The number of hydrazone groups is 1. The summed E-state index contributed by atoms with van der Waals surface area (Å²) in [5, 5.41) is 6.72. The van der Waals surface area contributed by atoms with E-state index in [1.807, 2.05) is 0 Å². The van der Waals surface area contributed by atoms with Gasteiger partial charge in [-0.3, -0.25) is 14.6 Å². The van der Waals surface area contributed by atoms with Crippen molar-refractivity contribution in [2.24, 2.45) is 5.10 Å². The zero-order chi connectivity index (χ0) is 25.1. The molecule has 1 fully saturated rings. The van der Waals surface area contributed by atoms with Gasteiger partial charge < -0.3 is 0 Å². The van der Waals surface area contributed by atoms with Gasteiger partial charge >= 0.3 is 0 Å². The summed E-state index contributed by atoms with van der Waals surface area (Å²) >= 11 is 0. The van der Waals surface area contributed by atoms with Gasteiger partial charge in [-0.15, -0.1) is 0 Å². The molecule has 3 aromatic rings. The Morgan fingerprint density at radius 2 is 1.53 bits per heavy atom. The van der Waals surface area contributed by atoms with Gasteiger partial charge in [0, 0.05) is 44.7 Å². The average Bonchev–Trinajstić information content (AvgIpc) is 3.31. The first-order valence-corrected chi connectivity index (χ1v) is 13.0. The Kier molecular flexibility index (Phi) is 7.30. The monoisotopic (exact) mass is 480 g/mol. The minimum atomic E-state index is -0.0613. The van der Waals surface area contributed by atoms with Crippen LogP contribution in [0, 0.1) is 20.8 Å². The number of rotatable bonds is 6. The maximum atomic E-state index is 13.7. The Bertz CT molecular complexity index is 1240. The highest BCUT2D eigenvalue weighted by atomic mass is 16.2. The minimum Gasteiger partial charge on any atom is -0.297 e. The van der Waals surface area contributed by atoms with Crippen LogP contribution >= 0.6 is 0 Å². The Hall–Kier alpha value is -3.28. The third-order valence-electron chi connectivity index (χ3n) is 7.48. The van der Waals surface area contributed by atoms with Crippen LogP contribution in [-0.4, -0.2) is 59.2 Å². The van der Waals surface area contributed by atoms with Crippen molar-refractivity contribution < 1.29 is 4.79 Å². The second-order valence-corrected chi connectivity index (χ2v) is 10.2. The van der Waals surface area contributed by atoms with Crippen molar-refractivity contribution in [2.75, 3.05) is 32.7 Å². The lowest BCUT2D eigenvalue weighted by atomic mass is 9.93. The lowest BCUT2D eigenvalue weighted by Crippen LogP contribution is -2.49. The molecule has 1 atom stereocenters. The van der Waals surface area contributed by atoms with E-state index in [9.17, 15) is 4.79 Å². The zero-order valence-corrected chi connectivity index (χ0v) is 21.7. The largest absolute Gasteiger partial charge is 0.297 e. The highest BCUT2D eigenvalue weighted by Crippen LogP contribution is 2.35. The van der Waals surface area contributed by atoms with Crippen molar-refractivity contribution in [1.82, 2.24) is 14.8 Å². The summed E-state index contributed by atoms with van der Waals surface area (Å²) in [7, 11) is 0. The van der Waals surface area contributed by atoms with Crippen molar-refractivity contribution in [1.29, 1.82) is 0 Å². The van der Waals surface area contributed by atoms with E-state index in [0.29, 0.717) is 6.54 Å². The van der Waals surface area contributed by atoms with E-state index in [0.717, 1.165) is 50.4 Å². The van der Waals surface area contributed by atoms with Crippen molar-refractivity contribution in [3.63, 3.8) is 0 Å². The molecular formula is C31H36N4O. The van der Waals surface area contributed by atoms with Crippen LogP contribution in [0.15, 0.2) is 77.9 Å². The lowest BCUT2D eigenvalue weighted by Gasteiger charge is -2.35. The maximum absolute atomic E-state index is 13.7. The van der Waals surface area contributed by atoms with Crippen molar-refractivity contribution in [3.8, 4) is 0 Å². The Morgan fingerprint density at radius 1 is 0.833 bits per heavy atom. The Balaban J connectivity index is 1.30. The Labute approximate surface area is 215 Å². The van der Waals surface area contributed by atoms with Gasteiger partial charge in [0.15, 0.2) is 0 Å². The van der Waals surface area contributed by atoms with Gasteiger partial charge in [-0.2, -0.15) is 5.10 Å². The summed E-state index contributed by atoms with van der Waals surface area (Å²) in [5.41, 5.74) is 8.32. The fraction of sp³-hybridized carbons (Fsp3) is 0.355. The van der Waals surface area contributed by atoms with Gasteiger partial charge in [-0.1, -0.05) is 78.4 Å². The number of aryl methyl sites for hydroxylation is 3. The quantitative estimate of drug-likeness (QED) is 0.492. The highest BCUT2D eigenvalue weighted by molar-refractivity contribution is 6.04. The molecule has 2 aliphatic heterocycles. The molecule has 0 N–H and O–H groups in total. The molecular weight excluding hydrogens is 444 g/mol. The summed E-state index contributed by atoms with van der Waals surface area (Å²) in [6.45, 7) is 11.5. The van der Waals surface area contributed by atoms with Crippen LogP contribution in [0.5, 0.6) is 0 Å². The van der Waals surface area contributed by atoms with Crippen molar-refractivity contribution in [3.05, 3.63) is 106 Å². The third kappa shape index (κ3) is 5.43. The summed E-state index contributed by atoms with van der Waals surface area (Å²) < 4.78 is 0. The van der Waals surface area contributed by atoms with E-state index in [1.165, 1.54) is 27.8 Å². The second kappa shape index (κ2) is 10.8. The van der Waals surface area contributed by atoms with E-state index >= 15 is 0 Å². The number of carbonyl (C=O) groups is 1. The van der Waals surface area contributed by atoms with Gasteiger partial charge in [0.1, 0.15) is 0 Å². The molecule has 0 radical (unpaired) electrons. The minimum absolute atomic E-state index is 0.0613. The van der Waals surface area contributed by atoms with Crippen LogP contribution in [0.2, 0.25) is 0 Å². The smallest absolute Gasteiger partial charge is 0.257 e. The lowest BCUT2D eigenvalue weighted by molar-refractivity contribution is -0.134.